The van der Waals surface area contributed by atoms with Crippen LogP contribution in [-0.4, -0.2) is 36.1 Å². The van der Waals surface area contributed by atoms with E-state index >= 15 is 0 Å². The molecule has 5 nitrogen and oxygen atoms in total. The molecule has 0 aliphatic carbocycles. The number of carbonyl (C=O) groups is 1. The number of benzene rings is 1. The van der Waals surface area contributed by atoms with E-state index in [0.717, 1.165) is 12.1 Å². The van der Waals surface area contributed by atoms with Crippen LogP contribution in [0.25, 0.3) is 0 Å². The number of unbranched alkanes of at least 4 members (excludes halogenated alkanes) is 1. The number of nitriles is 1. The van der Waals surface area contributed by atoms with Gasteiger partial charge in [-0.1, -0.05) is 25.5 Å². The number of amides is 1. The van der Waals surface area contributed by atoms with Crippen LogP contribution in [0.2, 0.25) is 0 Å². The Hall–Kier alpha value is -2.32. The summed E-state index contributed by atoms with van der Waals surface area (Å²) in [5.74, 6) is -0.253. The van der Waals surface area contributed by atoms with Crippen LogP contribution in [0.15, 0.2) is 36.0 Å². The van der Waals surface area contributed by atoms with E-state index in [0.29, 0.717) is 13.1 Å². The number of aryl methyl sites for hydroxylation is 1. The van der Waals surface area contributed by atoms with Crippen molar-refractivity contribution >= 4 is 11.6 Å². The third-order valence-corrected chi connectivity index (χ3v) is 4.21. The largest absolute Gasteiger partial charge is 0.372 e. The number of hydrogen-bond acceptors (Lipinski definition) is 4. The molecule has 0 spiro atoms. The molecule has 1 saturated heterocycles. The first-order valence-corrected chi connectivity index (χ1v) is 8.94. The molecule has 2 atom stereocenters. The number of morpholine rings is 1. The Balaban J connectivity index is 1.99. The van der Waals surface area contributed by atoms with Crippen LogP contribution in [0.5, 0.6) is 0 Å². The standard InChI is InChI=1S/C20H27N3O2/c1-4-5-6-17-7-9-19(10-8-17)22-12-18(11-21)20(24)23-13-15(2)25-16(3)14-23/h7-10,12,15-16,22H,4-6,13-14H2,1-3H3/b18-12-. The van der Waals surface area contributed by atoms with Crippen molar-refractivity contribution in [3.63, 3.8) is 0 Å². The van der Waals surface area contributed by atoms with E-state index in [4.69, 9.17) is 4.74 Å². The van der Waals surface area contributed by atoms with Crippen LogP contribution in [0.1, 0.15) is 39.2 Å². The Morgan fingerprint density at radius 2 is 1.96 bits per heavy atom. The van der Waals surface area contributed by atoms with Gasteiger partial charge in [0.1, 0.15) is 11.6 Å². The van der Waals surface area contributed by atoms with Gasteiger partial charge in [-0.2, -0.15) is 5.26 Å². The fraction of sp³-hybridized carbons (Fsp3) is 0.500. The third-order valence-electron chi connectivity index (χ3n) is 4.21. The number of carbonyl (C=O) groups excluding carboxylic acids is 1. The van der Waals surface area contributed by atoms with E-state index in [-0.39, 0.29) is 23.7 Å². The molecule has 1 heterocycles. The van der Waals surface area contributed by atoms with E-state index in [1.807, 2.05) is 32.0 Å². The molecular weight excluding hydrogens is 314 g/mol. The first kappa shape index (κ1) is 19.0. The summed E-state index contributed by atoms with van der Waals surface area (Å²) in [7, 11) is 0. The second kappa shape index (κ2) is 9.24. The number of rotatable bonds is 6. The SMILES string of the molecule is CCCCc1ccc(N/C=C(/C#N)C(=O)N2CC(C)OC(C)C2)cc1. The van der Waals surface area contributed by atoms with Gasteiger partial charge in [-0.3, -0.25) is 4.79 Å². The highest BCUT2D eigenvalue weighted by atomic mass is 16.5. The summed E-state index contributed by atoms with van der Waals surface area (Å²) < 4.78 is 5.64. The maximum absolute atomic E-state index is 12.6. The molecular formula is C20H27N3O2. The van der Waals surface area contributed by atoms with Crippen LogP contribution in [0.3, 0.4) is 0 Å². The maximum atomic E-state index is 12.6. The summed E-state index contributed by atoms with van der Waals surface area (Å²) in [6.45, 7) is 7.06. The van der Waals surface area contributed by atoms with Crippen LogP contribution < -0.4 is 5.32 Å². The van der Waals surface area contributed by atoms with Crippen molar-refractivity contribution in [1.82, 2.24) is 4.90 Å². The molecule has 0 bridgehead atoms. The third kappa shape index (κ3) is 5.61. The van der Waals surface area contributed by atoms with Gasteiger partial charge in [0.15, 0.2) is 0 Å². The highest BCUT2D eigenvalue weighted by Crippen LogP contribution is 2.15. The molecule has 1 aromatic carbocycles. The summed E-state index contributed by atoms with van der Waals surface area (Å²) >= 11 is 0. The summed E-state index contributed by atoms with van der Waals surface area (Å²) in [5, 5.41) is 12.4. The highest BCUT2D eigenvalue weighted by Gasteiger charge is 2.27. The van der Waals surface area contributed by atoms with Crippen molar-refractivity contribution in [2.24, 2.45) is 0 Å². The van der Waals surface area contributed by atoms with Crippen molar-refractivity contribution in [2.45, 2.75) is 52.2 Å². The Labute approximate surface area is 150 Å². The van der Waals surface area contributed by atoms with Gasteiger partial charge in [0.25, 0.3) is 5.91 Å². The molecule has 1 amide bonds. The van der Waals surface area contributed by atoms with E-state index in [1.165, 1.54) is 24.6 Å². The minimum atomic E-state index is -0.253. The smallest absolute Gasteiger partial charge is 0.266 e. The Bertz CT molecular complexity index is 636. The first-order valence-electron chi connectivity index (χ1n) is 8.94. The second-order valence-corrected chi connectivity index (χ2v) is 6.58. The number of ether oxygens (including phenoxy) is 1. The monoisotopic (exact) mass is 341 g/mol. The average Bonchev–Trinajstić information content (AvgIpc) is 2.60. The number of hydrogen-bond donors (Lipinski definition) is 1. The molecule has 1 N–H and O–H groups in total. The molecule has 2 unspecified atom stereocenters. The zero-order valence-electron chi connectivity index (χ0n) is 15.3. The maximum Gasteiger partial charge on any atom is 0.266 e. The molecule has 25 heavy (non-hydrogen) atoms. The Morgan fingerprint density at radius 3 is 2.52 bits per heavy atom. The topological polar surface area (TPSA) is 65.4 Å². The van der Waals surface area contributed by atoms with Gasteiger partial charge in [0.2, 0.25) is 0 Å². The molecule has 0 aromatic heterocycles. The van der Waals surface area contributed by atoms with Crippen LogP contribution in [0, 0.1) is 11.3 Å². The number of nitrogens with zero attached hydrogens (tertiary/aromatic N) is 2. The first-order chi connectivity index (χ1) is 12.0. The lowest BCUT2D eigenvalue weighted by atomic mass is 10.1. The molecule has 1 aromatic rings. The normalized spacial score (nSPS) is 20.9. The van der Waals surface area contributed by atoms with E-state index in [1.54, 1.807) is 4.90 Å². The van der Waals surface area contributed by atoms with Gasteiger partial charge in [-0.05, 0) is 44.4 Å². The van der Waals surface area contributed by atoms with Gasteiger partial charge in [-0.25, -0.2) is 0 Å². The van der Waals surface area contributed by atoms with Gasteiger partial charge in [0.05, 0.1) is 12.2 Å². The molecule has 1 fully saturated rings. The Kier molecular flexibility index (Phi) is 7.03. The van der Waals surface area contributed by atoms with Crippen molar-refractivity contribution < 1.29 is 9.53 Å². The minimum Gasteiger partial charge on any atom is -0.372 e. The minimum absolute atomic E-state index is 0.0173. The predicted molar refractivity (Wildman–Crippen MR) is 99.0 cm³/mol. The van der Waals surface area contributed by atoms with Gasteiger partial charge in [0, 0.05) is 25.0 Å². The molecule has 0 radical (unpaired) electrons. The van der Waals surface area contributed by atoms with Crippen LogP contribution >= 0.6 is 0 Å². The summed E-state index contributed by atoms with van der Waals surface area (Å²) in [6.07, 6.45) is 4.88. The lowest BCUT2D eigenvalue weighted by Gasteiger charge is -2.35. The second-order valence-electron chi connectivity index (χ2n) is 6.58. The summed E-state index contributed by atoms with van der Waals surface area (Å²) in [5.41, 5.74) is 2.27. The van der Waals surface area contributed by atoms with Crippen molar-refractivity contribution in [3.8, 4) is 6.07 Å². The van der Waals surface area contributed by atoms with Gasteiger partial charge < -0.3 is 15.0 Å². The van der Waals surface area contributed by atoms with Gasteiger partial charge in [-0.15, -0.1) is 0 Å². The van der Waals surface area contributed by atoms with Crippen molar-refractivity contribution in [2.75, 3.05) is 18.4 Å². The fourth-order valence-corrected chi connectivity index (χ4v) is 2.96. The molecule has 1 aliphatic rings. The van der Waals surface area contributed by atoms with E-state index < -0.39 is 0 Å². The quantitative estimate of drug-likeness (QED) is 0.635. The molecule has 1 aliphatic heterocycles. The zero-order chi connectivity index (χ0) is 18.2. The molecule has 2 rings (SSSR count). The fourth-order valence-electron chi connectivity index (χ4n) is 2.96. The molecule has 134 valence electrons. The van der Waals surface area contributed by atoms with Gasteiger partial charge >= 0.3 is 0 Å². The highest BCUT2D eigenvalue weighted by molar-refractivity contribution is 5.97. The van der Waals surface area contributed by atoms with E-state index in [2.05, 4.69) is 24.4 Å². The number of anilines is 1. The van der Waals surface area contributed by atoms with Crippen LogP contribution in [0.4, 0.5) is 5.69 Å². The predicted octanol–water partition coefficient (Wildman–Crippen LogP) is 3.48. The van der Waals surface area contributed by atoms with Crippen molar-refractivity contribution in [1.29, 1.82) is 5.26 Å². The van der Waals surface area contributed by atoms with Crippen LogP contribution in [-0.2, 0) is 16.0 Å². The summed E-state index contributed by atoms with van der Waals surface area (Å²) in [6, 6.07) is 10.1. The summed E-state index contributed by atoms with van der Waals surface area (Å²) in [4.78, 5) is 14.2. The van der Waals surface area contributed by atoms with Crippen molar-refractivity contribution in [3.05, 3.63) is 41.6 Å². The Morgan fingerprint density at radius 1 is 1.32 bits per heavy atom. The molecule has 0 saturated carbocycles. The molecule has 5 heteroatoms. The average molecular weight is 341 g/mol. The lowest BCUT2D eigenvalue weighted by molar-refractivity contribution is -0.138. The lowest BCUT2D eigenvalue weighted by Crippen LogP contribution is -2.48. The number of nitrogens with one attached hydrogen (secondary N) is 1. The van der Waals surface area contributed by atoms with E-state index in [9.17, 15) is 10.1 Å². The zero-order valence-corrected chi connectivity index (χ0v) is 15.3.